The van der Waals surface area contributed by atoms with Crippen LogP contribution in [0.4, 0.5) is 26.3 Å². The zero-order valence-electron chi connectivity index (χ0n) is 19.6. The van der Waals surface area contributed by atoms with E-state index in [2.05, 4.69) is 13.8 Å². The highest BCUT2D eigenvalue weighted by molar-refractivity contribution is 8.13. The van der Waals surface area contributed by atoms with Crippen molar-refractivity contribution >= 4 is 28.9 Å². The van der Waals surface area contributed by atoms with Crippen molar-refractivity contribution in [3.63, 3.8) is 0 Å². The molecule has 9 nitrogen and oxygen atoms in total. The number of halogens is 6. The Hall–Kier alpha value is -0.503. The van der Waals surface area contributed by atoms with Crippen molar-refractivity contribution in [3.8, 4) is 0 Å². The first-order valence-corrected chi connectivity index (χ1v) is 14.9. The molecule has 0 spiro atoms. The van der Waals surface area contributed by atoms with Gasteiger partial charge in [0.15, 0.2) is 20.0 Å². The molecule has 1 aliphatic rings. The SMILES string of the molecule is CO[Si](CCC[N+]1(C(C)C)CCCCC1)(OC)OC.O=S(=O)([N-]S(=O)(=O)C(F)(F)F)C(F)(F)F. The van der Waals surface area contributed by atoms with E-state index < -0.39 is 39.9 Å². The maximum absolute atomic E-state index is 11.4. The van der Waals surface area contributed by atoms with E-state index in [-0.39, 0.29) is 0 Å². The molecule has 0 atom stereocenters. The Bertz CT molecular complexity index is 776. The van der Waals surface area contributed by atoms with Gasteiger partial charge >= 0.3 is 19.8 Å². The second-order valence-electron chi connectivity index (χ2n) is 7.86. The number of hydrogen-bond donors (Lipinski definition) is 0. The molecule has 0 aromatic rings. The Morgan fingerprint density at radius 2 is 1.21 bits per heavy atom. The van der Waals surface area contributed by atoms with Crippen molar-refractivity contribution < 1.29 is 60.9 Å². The van der Waals surface area contributed by atoms with Gasteiger partial charge in [-0.15, -0.1) is 0 Å². The number of quaternary nitrogens is 1. The van der Waals surface area contributed by atoms with Crippen LogP contribution in [0.25, 0.3) is 4.13 Å². The molecule has 34 heavy (non-hydrogen) atoms. The molecule has 0 unspecified atom stereocenters. The molecule has 1 fully saturated rings. The first-order chi connectivity index (χ1) is 15.2. The molecule has 18 heteroatoms. The van der Waals surface area contributed by atoms with Crippen molar-refractivity contribution in [2.24, 2.45) is 0 Å². The van der Waals surface area contributed by atoms with Gasteiger partial charge in [-0.2, -0.15) is 26.3 Å². The van der Waals surface area contributed by atoms with Gasteiger partial charge < -0.3 is 21.9 Å². The molecule has 1 heterocycles. The van der Waals surface area contributed by atoms with Crippen LogP contribution in [0.3, 0.4) is 0 Å². The fraction of sp³-hybridized carbons (Fsp3) is 1.00. The van der Waals surface area contributed by atoms with Crippen molar-refractivity contribution in [2.75, 3.05) is 41.0 Å². The Morgan fingerprint density at radius 1 is 0.824 bits per heavy atom. The van der Waals surface area contributed by atoms with E-state index in [4.69, 9.17) is 13.3 Å². The molecule has 0 radical (unpaired) electrons. The number of rotatable bonds is 10. The molecule has 0 bridgehead atoms. The Balaban J connectivity index is 0.000000661. The first-order valence-electron chi connectivity index (χ1n) is 10.1. The van der Waals surface area contributed by atoms with Crippen LogP contribution in [0.1, 0.15) is 39.5 Å². The standard InChI is InChI=1S/C14H32NO3Si.C2F6NO4S2/c1-14(2)15(10-7-6-8-11-15)12-9-13-19(16-3,17-4)18-5;3-1(4,5)14(10,11)9-15(12,13)2(6,7)8/h14H,6-13H2,1-5H3;/q+1;-1. The van der Waals surface area contributed by atoms with Crippen LogP contribution in [0, 0.1) is 0 Å². The van der Waals surface area contributed by atoms with Crippen molar-refractivity contribution in [1.82, 2.24) is 0 Å². The summed E-state index contributed by atoms with van der Waals surface area (Å²) in [5.41, 5.74) is -12.4. The lowest BCUT2D eigenvalue weighted by Crippen LogP contribution is -2.57. The van der Waals surface area contributed by atoms with Gasteiger partial charge in [-0.05, 0) is 33.1 Å². The van der Waals surface area contributed by atoms with Gasteiger partial charge in [-0.3, -0.25) is 0 Å². The highest BCUT2D eigenvalue weighted by Gasteiger charge is 2.47. The molecule has 1 aliphatic heterocycles. The van der Waals surface area contributed by atoms with E-state index in [0.29, 0.717) is 6.04 Å². The highest BCUT2D eigenvalue weighted by atomic mass is 32.3. The van der Waals surface area contributed by atoms with E-state index in [9.17, 15) is 43.2 Å². The molecule has 0 aromatic carbocycles. The number of likely N-dealkylation sites (tertiary alicyclic amines) is 1. The molecule has 0 aliphatic carbocycles. The van der Waals surface area contributed by atoms with Crippen LogP contribution in [0.15, 0.2) is 0 Å². The molecular formula is C16H32F6N2O7S2Si. The molecular weight excluding hydrogens is 538 g/mol. The quantitative estimate of drug-likeness (QED) is 0.224. The van der Waals surface area contributed by atoms with Gasteiger partial charge in [0.2, 0.25) is 0 Å². The number of nitrogens with zero attached hydrogens (tertiary/aromatic N) is 2. The molecule has 0 saturated carbocycles. The Labute approximate surface area is 197 Å². The van der Waals surface area contributed by atoms with Crippen LogP contribution in [0.2, 0.25) is 6.04 Å². The maximum atomic E-state index is 11.4. The predicted octanol–water partition coefficient (Wildman–Crippen LogP) is 3.72. The molecule has 0 N–H and O–H groups in total. The fourth-order valence-corrected chi connectivity index (χ4v) is 6.93. The van der Waals surface area contributed by atoms with E-state index in [1.54, 1.807) is 21.3 Å². The van der Waals surface area contributed by atoms with Crippen LogP contribution in [-0.4, -0.2) is 88.1 Å². The van der Waals surface area contributed by atoms with Crippen molar-refractivity contribution in [2.45, 2.75) is 62.6 Å². The number of sulfonamides is 2. The second kappa shape index (κ2) is 12.6. The third-order valence-electron chi connectivity index (χ3n) is 5.60. The van der Waals surface area contributed by atoms with Gasteiger partial charge in [0, 0.05) is 33.8 Å². The Kier molecular flexibility index (Phi) is 12.5. The summed E-state index contributed by atoms with van der Waals surface area (Å²) in [5, 5.41) is 0. The van der Waals surface area contributed by atoms with Crippen LogP contribution in [-0.2, 0) is 33.3 Å². The predicted molar refractivity (Wildman–Crippen MR) is 113 cm³/mol. The third-order valence-corrected chi connectivity index (χ3v) is 11.2. The number of piperidine rings is 1. The summed E-state index contributed by atoms with van der Waals surface area (Å²) in [7, 11) is -10.7. The maximum Gasteiger partial charge on any atom is 0.500 e. The van der Waals surface area contributed by atoms with Crippen LogP contribution >= 0.6 is 0 Å². The zero-order valence-corrected chi connectivity index (χ0v) is 22.2. The van der Waals surface area contributed by atoms with Gasteiger partial charge in [0.25, 0.3) is 0 Å². The summed E-state index contributed by atoms with van der Waals surface area (Å²) in [6.45, 7) is 8.61. The number of alkyl halides is 6. The van der Waals surface area contributed by atoms with Crippen molar-refractivity contribution in [3.05, 3.63) is 4.13 Å². The van der Waals surface area contributed by atoms with Gasteiger partial charge in [0.05, 0.1) is 25.7 Å². The summed E-state index contributed by atoms with van der Waals surface area (Å²) < 4.78 is 127. The minimum Gasteiger partial charge on any atom is -0.421 e. The van der Waals surface area contributed by atoms with E-state index in [1.807, 2.05) is 0 Å². The molecule has 0 aromatic heterocycles. The third kappa shape index (κ3) is 9.18. The zero-order chi connectivity index (χ0) is 27.1. The average Bonchev–Trinajstić information content (AvgIpc) is 2.70. The summed E-state index contributed by atoms with van der Waals surface area (Å²) in [5.74, 6) is 0. The lowest BCUT2D eigenvalue weighted by Gasteiger charge is -2.45. The smallest absolute Gasteiger partial charge is 0.421 e. The molecule has 0 amide bonds. The summed E-state index contributed by atoms with van der Waals surface area (Å²) in [6, 6.07) is 1.63. The lowest BCUT2D eigenvalue weighted by atomic mass is 10.0. The number of hydrogen-bond acceptors (Lipinski definition) is 7. The first kappa shape index (κ1) is 33.5. The largest absolute Gasteiger partial charge is 0.500 e. The fourth-order valence-electron chi connectivity index (χ4n) is 3.52. The molecule has 206 valence electrons. The van der Waals surface area contributed by atoms with Crippen LogP contribution in [0.5, 0.6) is 0 Å². The van der Waals surface area contributed by atoms with Gasteiger partial charge in [-0.25, -0.2) is 16.8 Å². The summed E-state index contributed by atoms with van der Waals surface area (Å²) >= 11 is 0. The van der Waals surface area contributed by atoms with E-state index in [0.717, 1.165) is 16.6 Å². The minimum absolute atomic E-state index is 0.712. The van der Waals surface area contributed by atoms with Crippen LogP contribution < -0.4 is 0 Å². The normalized spacial score (nSPS) is 17.9. The van der Waals surface area contributed by atoms with E-state index in [1.165, 1.54) is 43.4 Å². The average molecular weight is 571 g/mol. The minimum atomic E-state index is -6.72. The second-order valence-corrected chi connectivity index (χ2v) is 14.4. The highest BCUT2D eigenvalue weighted by Crippen LogP contribution is 2.36. The van der Waals surface area contributed by atoms with Gasteiger partial charge in [0.1, 0.15) is 0 Å². The monoisotopic (exact) mass is 570 g/mol. The summed E-state index contributed by atoms with van der Waals surface area (Å²) in [4.78, 5) is 0. The lowest BCUT2D eigenvalue weighted by molar-refractivity contribution is -0.951. The Morgan fingerprint density at radius 3 is 1.50 bits per heavy atom. The molecule has 1 saturated heterocycles. The molecule has 1 rings (SSSR count). The van der Waals surface area contributed by atoms with Crippen molar-refractivity contribution in [1.29, 1.82) is 0 Å². The summed E-state index contributed by atoms with van der Waals surface area (Å²) in [6.07, 6.45) is 5.28. The topological polar surface area (TPSA) is 110 Å². The van der Waals surface area contributed by atoms with Gasteiger partial charge in [-0.1, -0.05) is 0 Å². The van der Waals surface area contributed by atoms with E-state index >= 15 is 0 Å².